The quantitative estimate of drug-likeness (QED) is 0.354. The monoisotopic (exact) mass is 332 g/mol. The molecule has 0 aliphatic carbocycles. The lowest BCUT2D eigenvalue weighted by Crippen LogP contribution is -2.35. The second kappa shape index (κ2) is 11.4. The second-order valence-electron chi connectivity index (χ2n) is 6.56. The molecule has 0 unspecified atom stereocenters. The van der Waals surface area contributed by atoms with E-state index in [1.807, 2.05) is 0 Å². The molecule has 0 radical (unpaired) electrons. The maximum atomic E-state index is 9.66. The van der Waals surface area contributed by atoms with Gasteiger partial charge in [-0.3, -0.25) is 0 Å². The first kappa shape index (κ1) is 21.8. The first-order valence-corrected chi connectivity index (χ1v) is 9.42. The minimum atomic E-state index is -2.12. The van der Waals surface area contributed by atoms with Crippen LogP contribution in [0.4, 0.5) is 0 Å². The largest absolute Gasteiger partial charge is 0.432 e. The normalized spacial score (nSPS) is 12.5. The molecule has 0 saturated heterocycles. The molecule has 0 rings (SSSR count). The highest BCUT2D eigenvalue weighted by atomic mass is 32.1. The summed E-state index contributed by atoms with van der Waals surface area (Å²) >= 11 is 5.33. The van der Waals surface area contributed by atoms with Crippen molar-refractivity contribution in [1.29, 1.82) is 0 Å². The Balaban J connectivity index is 4.94. The van der Waals surface area contributed by atoms with Gasteiger partial charge < -0.3 is 14.9 Å². The Morgan fingerprint density at radius 1 is 0.864 bits per heavy atom. The summed E-state index contributed by atoms with van der Waals surface area (Å²) in [5.74, 6) is -2.12. The molecule has 0 aliphatic heterocycles. The van der Waals surface area contributed by atoms with Crippen molar-refractivity contribution >= 4 is 17.3 Å². The average molecular weight is 333 g/mol. The summed E-state index contributed by atoms with van der Waals surface area (Å²) < 4.78 is 5.23. The van der Waals surface area contributed by atoms with Crippen LogP contribution in [0.15, 0.2) is 0 Å². The third-order valence-electron chi connectivity index (χ3n) is 4.44. The minimum Gasteiger partial charge on any atom is -0.432 e. The van der Waals surface area contributed by atoms with Crippen LogP contribution >= 0.6 is 12.2 Å². The van der Waals surface area contributed by atoms with E-state index in [4.69, 9.17) is 17.0 Å². The topological polar surface area (TPSA) is 49.7 Å². The van der Waals surface area contributed by atoms with Crippen molar-refractivity contribution in [3.8, 4) is 0 Å². The maximum absolute atomic E-state index is 9.66. The SMILES string of the molecule is CCCCC(CCCC)(CCCC)CC(=S)OC(O)(O)CC. The van der Waals surface area contributed by atoms with Gasteiger partial charge in [0.1, 0.15) is 0 Å². The van der Waals surface area contributed by atoms with Crippen molar-refractivity contribution in [1.82, 2.24) is 0 Å². The van der Waals surface area contributed by atoms with Gasteiger partial charge in [-0.05, 0) is 36.9 Å². The summed E-state index contributed by atoms with van der Waals surface area (Å²) in [4.78, 5) is 0. The zero-order chi connectivity index (χ0) is 17.1. The fourth-order valence-corrected chi connectivity index (χ4v) is 3.33. The first-order valence-electron chi connectivity index (χ1n) is 9.01. The van der Waals surface area contributed by atoms with Gasteiger partial charge in [0.25, 0.3) is 0 Å². The number of hydrogen-bond donors (Lipinski definition) is 2. The lowest BCUT2D eigenvalue weighted by Gasteiger charge is -2.35. The van der Waals surface area contributed by atoms with Crippen molar-refractivity contribution in [2.75, 3.05) is 0 Å². The summed E-state index contributed by atoms with van der Waals surface area (Å²) in [5.41, 5.74) is 0.156. The predicted molar refractivity (Wildman–Crippen MR) is 96.8 cm³/mol. The fourth-order valence-electron chi connectivity index (χ4n) is 2.89. The van der Waals surface area contributed by atoms with Gasteiger partial charge in [0, 0.05) is 12.8 Å². The lowest BCUT2D eigenvalue weighted by atomic mass is 9.72. The van der Waals surface area contributed by atoms with Gasteiger partial charge in [-0.15, -0.1) is 0 Å². The molecule has 0 aromatic heterocycles. The van der Waals surface area contributed by atoms with Gasteiger partial charge >= 0.3 is 5.97 Å². The van der Waals surface area contributed by atoms with Crippen LogP contribution < -0.4 is 0 Å². The summed E-state index contributed by atoms with van der Waals surface area (Å²) in [6, 6.07) is 0. The third-order valence-corrected chi connectivity index (χ3v) is 4.67. The Morgan fingerprint density at radius 3 is 1.59 bits per heavy atom. The summed E-state index contributed by atoms with van der Waals surface area (Å²) in [5, 5.41) is 19.7. The lowest BCUT2D eigenvalue weighted by molar-refractivity contribution is -0.301. The van der Waals surface area contributed by atoms with E-state index < -0.39 is 5.97 Å². The van der Waals surface area contributed by atoms with E-state index in [9.17, 15) is 10.2 Å². The van der Waals surface area contributed by atoms with Crippen LogP contribution in [0.1, 0.15) is 98.3 Å². The molecule has 0 aliphatic rings. The van der Waals surface area contributed by atoms with Gasteiger partial charge in [-0.1, -0.05) is 66.2 Å². The highest BCUT2D eigenvalue weighted by Gasteiger charge is 2.33. The Labute approximate surface area is 142 Å². The zero-order valence-electron chi connectivity index (χ0n) is 15.0. The Bertz CT molecular complexity index is 281. The van der Waals surface area contributed by atoms with Crippen LogP contribution in [-0.2, 0) is 4.74 Å². The van der Waals surface area contributed by atoms with E-state index in [1.54, 1.807) is 6.92 Å². The predicted octanol–water partition coefficient (Wildman–Crippen LogP) is 5.33. The molecule has 0 aromatic rings. The molecule has 0 aromatic carbocycles. The van der Waals surface area contributed by atoms with Gasteiger partial charge in [0.15, 0.2) is 5.05 Å². The van der Waals surface area contributed by atoms with E-state index in [0.717, 1.165) is 19.3 Å². The van der Waals surface area contributed by atoms with Crippen molar-refractivity contribution in [2.45, 2.75) is 104 Å². The number of unbranched alkanes of at least 4 members (excludes halogenated alkanes) is 3. The van der Waals surface area contributed by atoms with Crippen LogP contribution in [0.5, 0.6) is 0 Å². The van der Waals surface area contributed by atoms with Crippen LogP contribution in [-0.4, -0.2) is 21.2 Å². The fraction of sp³-hybridized carbons (Fsp3) is 0.944. The molecular formula is C18H36O3S. The van der Waals surface area contributed by atoms with E-state index >= 15 is 0 Å². The van der Waals surface area contributed by atoms with E-state index in [-0.39, 0.29) is 11.8 Å². The number of rotatable bonds is 13. The molecule has 2 N–H and O–H groups in total. The molecule has 0 atom stereocenters. The first-order chi connectivity index (χ1) is 10.3. The van der Waals surface area contributed by atoms with Crippen LogP contribution in [0, 0.1) is 5.41 Å². The minimum absolute atomic E-state index is 0.110. The summed E-state index contributed by atoms with van der Waals surface area (Å²) in [6.45, 7) is 8.30. The Kier molecular flexibility index (Phi) is 11.3. The van der Waals surface area contributed by atoms with Crippen LogP contribution in [0.2, 0.25) is 0 Å². The summed E-state index contributed by atoms with van der Waals surface area (Å²) in [6.07, 6.45) is 11.3. The average Bonchev–Trinajstić information content (AvgIpc) is 2.48. The van der Waals surface area contributed by atoms with E-state index in [1.165, 1.54) is 38.5 Å². The molecule has 0 spiro atoms. The van der Waals surface area contributed by atoms with Crippen molar-refractivity contribution in [3.05, 3.63) is 0 Å². The molecular weight excluding hydrogens is 296 g/mol. The molecule has 0 heterocycles. The van der Waals surface area contributed by atoms with E-state index in [0.29, 0.717) is 11.5 Å². The molecule has 0 bridgehead atoms. The van der Waals surface area contributed by atoms with Crippen LogP contribution in [0.3, 0.4) is 0 Å². The van der Waals surface area contributed by atoms with Gasteiger partial charge in [0.2, 0.25) is 0 Å². The highest BCUT2D eigenvalue weighted by Crippen LogP contribution is 2.40. The van der Waals surface area contributed by atoms with Gasteiger partial charge in [-0.25, -0.2) is 0 Å². The van der Waals surface area contributed by atoms with Crippen LogP contribution in [0.25, 0.3) is 0 Å². The highest BCUT2D eigenvalue weighted by molar-refractivity contribution is 7.80. The molecule has 22 heavy (non-hydrogen) atoms. The van der Waals surface area contributed by atoms with Gasteiger partial charge in [-0.2, -0.15) is 0 Å². The van der Waals surface area contributed by atoms with Crippen molar-refractivity contribution < 1.29 is 14.9 Å². The standard InChI is InChI=1S/C18H36O3S/c1-5-9-12-17(13-10-6-2,14-11-7-3)15-16(22)21-18(19,20)8-4/h19-20H,5-15H2,1-4H3. The maximum Gasteiger partial charge on any atom is 0.321 e. The molecule has 4 heteroatoms. The summed E-state index contributed by atoms with van der Waals surface area (Å²) in [7, 11) is 0. The van der Waals surface area contributed by atoms with E-state index in [2.05, 4.69) is 20.8 Å². The smallest absolute Gasteiger partial charge is 0.321 e. The number of thiocarbonyl (C=S) groups is 1. The molecule has 3 nitrogen and oxygen atoms in total. The van der Waals surface area contributed by atoms with Crippen molar-refractivity contribution in [2.24, 2.45) is 5.41 Å². The molecule has 0 saturated carbocycles. The van der Waals surface area contributed by atoms with Gasteiger partial charge in [0.05, 0.1) is 0 Å². The third kappa shape index (κ3) is 9.06. The second-order valence-corrected chi connectivity index (χ2v) is 7.01. The van der Waals surface area contributed by atoms with Crippen molar-refractivity contribution in [3.63, 3.8) is 0 Å². The number of ether oxygens (including phenoxy) is 1. The number of hydrogen-bond acceptors (Lipinski definition) is 4. The number of aliphatic hydroxyl groups is 2. The Hall–Kier alpha value is -0.190. The Morgan fingerprint density at radius 2 is 1.27 bits per heavy atom. The molecule has 0 amide bonds. The zero-order valence-corrected chi connectivity index (χ0v) is 15.8. The molecule has 0 fully saturated rings. The molecule has 132 valence electrons.